The molecule has 0 aliphatic heterocycles. The Labute approximate surface area is 173 Å². The fourth-order valence-corrected chi connectivity index (χ4v) is 2.95. The fourth-order valence-electron chi connectivity index (χ4n) is 2.95. The van der Waals surface area contributed by atoms with Gasteiger partial charge < -0.3 is 16.0 Å². The molecule has 0 saturated carbocycles. The molecule has 3 rings (SSSR count). The highest BCUT2D eigenvalue weighted by Gasteiger charge is 2.16. The maximum atomic E-state index is 12.5. The summed E-state index contributed by atoms with van der Waals surface area (Å²) in [5, 5.41) is 14.5. The first-order valence-electron chi connectivity index (χ1n) is 9.41. The summed E-state index contributed by atoms with van der Waals surface area (Å²) in [5.74, 6) is -0.477. The first kappa shape index (κ1) is 20.8. The van der Waals surface area contributed by atoms with Crippen molar-refractivity contribution >= 4 is 23.3 Å². The van der Waals surface area contributed by atoms with Crippen molar-refractivity contribution in [2.45, 2.75) is 27.3 Å². The predicted molar refractivity (Wildman–Crippen MR) is 116 cm³/mol. The molecule has 0 saturated heterocycles. The zero-order chi connectivity index (χ0) is 21.7. The maximum Gasteiger partial charge on any atom is 0.323 e. The Morgan fingerprint density at radius 3 is 2.33 bits per heavy atom. The third-order valence-corrected chi connectivity index (χ3v) is 4.61. The van der Waals surface area contributed by atoms with Crippen LogP contribution >= 0.6 is 0 Å². The second-order valence-corrected chi connectivity index (χ2v) is 6.97. The number of hydrogen-bond donors (Lipinski definition) is 4. The van der Waals surface area contributed by atoms with Crippen molar-refractivity contribution in [3.8, 4) is 0 Å². The Hall–Kier alpha value is -3.94. The van der Waals surface area contributed by atoms with Gasteiger partial charge in [-0.1, -0.05) is 24.3 Å². The van der Waals surface area contributed by atoms with Gasteiger partial charge in [0.1, 0.15) is 5.56 Å². The number of carbonyl (C=O) groups excluding carboxylic acids is 2. The summed E-state index contributed by atoms with van der Waals surface area (Å²) < 4.78 is 0. The molecule has 0 atom stereocenters. The minimum atomic E-state index is -0.529. The number of H-pyrrole nitrogens is 1. The molecule has 8 nitrogen and oxygen atoms in total. The van der Waals surface area contributed by atoms with E-state index < -0.39 is 11.5 Å². The predicted octanol–water partition coefficient (Wildman–Crippen LogP) is 3.27. The Balaban J connectivity index is 1.63. The lowest BCUT2D eigenvalue weighted by atomic mass is 10.1. The van der Waals surface area contributed by atoms with Crippen LogP contribution in [0.4, 0.5) is 16.2 Å². The summed E-state index contributed by atoms with van der Waals surface area (Å²) in [7, 11) is 0. The van der Waals surface area contributed by atoms with Gasteiger partial charge in [0.2, 0.25) is 0 Å². The summed E-state index contributed by atoms with van der Waals surface area (Å²) in [6.45, 7) is 5.56. The van der Waals surface area contributed by atoms with E-state index in [1.807, 2.05) is 37.3 Å². The molecule has 0 aliphatic rings. The Bertz CT molecular complexity index is 1150. The van der Waals surface area contributed by atoms with Crippen LogP contribution < -0.4 is 21.5 Å². The number of aromatic nitrogens is 2. The molecule has 0 aliphatic carbocycles. The first-order valence-corrected chi connectivity index (χ1v) is 9.41. The van der Waals surface area contributed by atoms with Crippen molar-refractivity contribution in [3.05, 3.63) is 86.8 Å². The lowest BCUT2D eigenvalue weighted by Gasteiger charge is -2.11. The quantitative estimate of drug-likeness (QED) is 0.521. The van der Waals surface area contributed by atoms with Gasteiger partial charge in [0, 0.05) is 17.9 Å². The minimum Gasteiger partial charge on any atom is -0.348 e. The van der Waals surface area contributed by atoms with E-state index in [2.05, 4.69) is 26.1 Å². The summed E-state index contributed by atoms with van der Waals surface area (Å²) in [6, 6.07) is 14.2. The van der Waals surface area contributed by atoms with Gasteiger partial charge in [-0.05, 0) is 61.7 Å². The van der Waals surface area contributed by atoms with Gasteiger partial charge in [-0.3, -0.25) is 9.59 Å². The largest absolute Gasteiger partial charge is 0.348 e. The first-order chi connectivity index (χ1) is 14.3. The van der Waals surface area contributed by atoms with Gasteiger partial charge in [0.25, 0.3) is 11.5 Å². The number of anilines is 2. The van der Waals surface area contributed by atoms with Gasteiger partial charge >= 0.3 is 6.03 Å². The standard InChI is InChI=1S/C22H23N5O3/c1-13-6-4-8-17(10-13)24-22(30)25-18-9-5-7-16(11-18)12-23-20(28)19-14(2)15(3)26-27-21(19)29/h4-11H,12H2,1-3H3,(H,23,28)(H,27,29)(H2,24,25,30). The van der Waals surface area contributed by atoms with Crippen LogP contribution in [0.3, 0.4) is 0 Å². The highest BCUT2D eigenvalue weighted by atomic mass is 16.2. The number of carbonyl (C=O) groups is 2. The Morgan fingerprint density at radius 2 is 1.63 bits per heavy atom. The van der Waals surface area contributed by atoms with E-state index in [9.17, 15) is 14.4 Å². The molecule has 0 radical (unpaired) electrons. The molecule has 4 N–H and O–H groups in total. The number of nitrogens with one attached hydrogen (secondary N) is 4. The zero-order valence-electron chi connectivity index (χ0n) is 17.0. The highest BCUT2D eigenvalue weighted by molar-refractivity contribution is 5.99. The Kier molecular flexibility index (Phi) is 6.26. The number of urea groups is 1. The van der Waals surface area contributed by atoms with Crippen molar-refractivity contribution in [3.63, 3.8) is 0 Å². The van der Waals surface area contributed by atoms with Gasteiger partial charge in [-0.2, -0.15) is 5.10 Å². The summed E-state index contributed by atoms with van der Waals surface area (Å²) in [5.41, 5.74) is 3.75. The van der Waals surface area contributed by atoms with E-state index in [0.717, 1.165) is 11.1 Å². The average Bonchev–Trinajstić information content (AvgIpc) is 2.70. The second kappa shape index (κ2) is 9.04. The van der Waals surface area contributed by atoms with Crippen molar-refractivity contribution in [1.29, 1.82) is 0 Å². The van der Waals surface area contributed by atoms with Gasteiger partial charge in [0.15, 0.2) is 0 Å². The molecular weight excluding hydrogens is 382 g/mol. The van der Waals surface area contributed by atoms with Crippen molar-refractivity contribution in [2.24, 2.45) is 0 Å². The van der Waals surface area contributed by atoms with E-state index in [0.29, 0.717) is 22.6 Å². The zero-order valence-corrected chi connectivity index (χ0v) is 17.0. The topological polar surface area (TPSA) is 116 Å². The van der Waals surface area contributed by atoms with E-state index in [1.54, 1.807) is 32.0 Å². The number of aromatic amines is 1. The number of amides is 3. The molecule has 3 amide bonds. The lowest BCUT2D eigenvalue weighted by molar-refractivity contribution is 0.0948. The number of hydrogen-bond acceptors (Lipinski definition) is 4. The molecule has 0 spiro atoms. The third kappa shape index (κ3) is 5.11. The molecular formula is C22H23N5O3. The monoisotopic (exact) mass is 405 g/mol. The van der Waals surface area contributed by atoms with Gasteiger partial charge in [-0.15, -0.1) is 0 Å². The number of nitrogens with zero attached hydrogens (tertiary/aromatic N) is 1. The SMILES string of the molecule is Cc1cccc(NC(=O)Nc2cccc(CNC(=O)c3c(C)c(C)n[nH]c3=O)c2)c1. The van der Waals surface area contributed by atoms with Crippen LogP contribution in [0.1, 0.15) is 32.7 Å². The molecule has 154 valence electrons. The number of rotatable bonds is 5. The second-order valence-electron chi connectivity index (χ2n) is 6.97. The molecule has 1 heterocycles. The van der Waals surface area contributed by atoms with Crippen LogP contribution in [0, 0.1) is 20.8 Å². The van der Waals surface area contributed by atoms with E-state index in [1.165, 1.54) is 0 Å². The van der Waals surface area contributed by atoms with Crippen LogP contribution in [0.15, 0.2) is 53.3 Å². The average molecular weight is 405 g/mol. The normalized spacial score (nSPS) is 10.4. The lowest BCUT2D eigenvalue weighted by Crippen LogP contribution is -2.31. The summed E-state index contributed by atoms with van der Waals surface area (Å²) in [6.07, 6.45) is 0. The Morgan fingerprint density at radius 1 is 0.967 bits per heavy atom. The fraction of sp³-hybridized carbons (Fsp3) is 0.182. The summed E-state index contributed by atoms with van der Waals surface area (Å²) in [4.78, 5) is 36.7. The third-order valence-electron chi connectivity index (χ3n) is 4.61. The molecule has 2 aromatic carbocycles. The highest BCUT2D eigenvalue weighted by Crippen LogP contribution is 2.14. The minimum absolute atomic E-state index is 0.0503. The van der Waals surface area contributed by atoms with E-state index >= 15 is 0 Å². The molecule has 1 aromatic heterocycles. The van der Waals surface area contributed by atoms with Crippen molar-refractivity contribution in [1.82, 2.24) is 15.5 Å². The van der Waals surface area contributed by atoms with E-state index in [4.69, 9.17) is 0 Å². The van der Waals surface area contributed by atoms with Crippen LogP contribution in [-0.2, 0) is 6.54 Å². The molecule has 0 bridgehead atoms. The van der Waals surface area contributed by atoms with Crippen LogP contribution in [-0.4, -0.2) is 22.1 Å². The van der Waals surface area contributed by atoms with Crippen molar-refractivity contribution < 1.29 is 9.59 Å². The number of benzene rings is 2. The molecule has 30 heavy (non-hydrogen) atoms. The van der Waals surface area contributed by atoms with Crippen molar-refractivity contribution in [2.75, 3.05) is 10.6 Å². The molecule has 8 heteroatoms. The molecule has 0 unspecified atom stereocenters. The van der Waals surface area contributed by atoms with Crippen LogP contribution in [0.25, 0.3) is 0 Å². The smallest absolute Gasteiger partial charge is 0.323 e. The maximum absolute atomic E-state index is 12.5. The van der Waals surface area contributed by atoms with Crippen LogP contribution in [0.5, 0.6) is 0 Å². The van der Waals surface area contributed by atoms with E-state index in [-0.39, 0.29) is 18.1 Å². The summed E-state index contributed by atoms with van der Waals surface area (Å²) >= 11 is 0. The number of aryl methyl sites for hydroxylation is 2. The van der Waals surface area contributed by atoms with Gasteiger partial charge in [-0.25, -0.2) is 9.89 Å². The molecule has 0 fully saturated rings. The van der Waals surface area contributed by atoms with Crippen LogP contribution in [0.2, 0.25) is 0 Å². The van der Waals surface area contributed by atoms with Gasteiger partial charge in [0.05, 0.1) is 5.69 Å². The molecule has 3 aromatic rings.